The van der Waals surface area contributed by atoms with E-state index in [0.29, 0.717) is 19.3 Å². The number of halogens is 3. The lowest BCUT2D eigenvalue weighted by Crippen LogP contribution is -2.44. The summed E-state index contributed by atoms with van der Waals surface area (Å²) in [6, 6.07) is 9.25. The van der Waals surface area contributed by atoms with Gasteiger partial charge in [0.15, 0.2) is 0 Å². The van der Waals surface area contributed by atoms with E-state index in [1.165, 1.54) is 0 Å². The van der Waals surface area contributed by atoms with Gasteiger partial charge in [0, 0.05) is 18.9 Å². The van der Waals surface area contributed by atoms with Crippen LogP contribution in [0.2, 0.25) is 0 Å². The van der Waals surface area contributed by atoms with E-state index in [-0.39, 0.29) is 19.4 Å². The number of alkyl halides is 3. The van der Waals surface area contributed by atoms with Crippen LogP contribution in [0.5, 0.6) is 0 Å². The predicted octanol–water partition coefficient (Wildman–Crippen LogP) is 3.07. The fourth-order valence-electron chi connectivity index (χ4n) is 3.14. The number of hydrogen-bond acceptors (Lipinski definition) is 2. The molecule has 1 amide bonds. The molecule has 3 atom stereocenters. The predicted molar refractivity (Wildman–Crippen MR) is 80.7 cm³/mol. The van der Waals surface area contributed by atoms with Gasteiger partial charge in [-0.1, -0.05) is 43.2 Å². The number of aliphatic hydroxyl groups excluding tert-OH is 1. The Morgan fingerprint density at radius 1 is 1.22 bits per heavy atom. The number of carbonyl (C=O) groups excluding carboxylic acids is 1. The Morgan fingerprint density at radius 3 is 2.52 bits per heavy atom. The van der Waals surface area contributed by atoms with Crippen molar-refractivity contribution in [2.45, 2.75) is 44.4 Å². The van der Waals surface area contributed by atoms with E-state index in [2.05, 4.69) is 5.32 Å². The molecule has 0 saturated heterocycles. The van der Waals surface area contributed by atoms with E-state index >= 15 is 0 Å². The largest absolute Gasteiger partial charge is 0.392 e. The summed E-state index contributed by atoms with van der Waals surface area (Å²) < 4.78 is 39.0. The third-order valence-corrected chi connectivity index (χ3v) is 4.35. The third kappa shape index (κ3) is 5.23. The van der Waals surface area contributed by atoms with Crippen LogP contribution in [-0.2, 0) is 11.2 Å². The first-order chi connectivity index (χ1) is 10.9. The molecule has 23 heavy (non-hydrogen) atoms. The SMILES string of the molecule is O=C(NC[C@H](O)Cc1ccccc1)[C@@H]1CCCC[C@H]1C(F)(F)F. The zero-order valence-electron chi connectivity index (χ0n) is 12.9. The Labute approximate surface area is 133 Å². The lowest BCUT2D eigenvalue weighted by atomic mass is 9.78. The highest BCUT2D eigenvalue weighted by atomic mass is 19.4. The lowest BCUT2D eigenvalue weighted by molar-refractivity contribution is -0.198. The molecule has 0 bridgehead atoms. The van der Waals surface area contributed by atoms with Gasteiger partial charge in [-0.15, -0.1) is 0 Å². The number of aliphatic hydroxyl groups is 1. The molecular weight excluding hydrogens is 307 g/mol. The number of rotatable bonds is 5. The van der Waals surface area contributed by atoms with Crippen molar-refractivity contribution in [3.8, 4) is 0 Å². The molecule has 3 nitrogen and oxygen atoms in total. The van der Waals surface area contributed by atoms with Gasteiger partial charge in [-0.2, -0.15) is 13.2 Å². The van der Waals surface area contributed by atoms with Gasteiger partial charge in [0.25, 0.3) is 0 Å². The van der Waals surface area contributed by atoms with Crippen LogP contribution >= 0.6 is 0 Å². The fraction of sp³-hybridized carbons (Fsp3) is 0.588. The second kappa shape index (κ2) is 7.81. The maximum absolute atomic E-state index is 13.0. The molecular formula is C17H22F3NO2. The molecule has 0 radical (unpaired) electrons. The second-order valence-electron chi connectivity index (χ2n) is 6.13. The monoisotopic (exact) mass is 329 g/mol. The highest BCUT2D eigenvalue weighted by molar-refractivity contribution is 5.79. The van der Waals surface area contributed by atoms with E-state index in [1.807, 2.05) is 30.3 Å². The number of nitrogens with one attached hydrogen (secondary N) is 1. The van der Waals surface area contributed by atoms with Crippen LogP contribution in [0.15, 0.2) is 30.3 Å². The fourth-order valence-corrected chi connectivity index (χ4v) is 3.14. The van der Waals surface area contributed by atoms with Crippen molar-refractivity contribution in [3.05, 3.63) is 35.9 Å². The van der Waals surface area contributed by atoms with Crippen LogP contribution in [0.4, 0.5) is 13.2 Å². The van der Waals surface area contributed by atoms with Gasteiger partial charge in [0.05, 0.1) is 12.0 Å². The van der Waals surface area contributed by atoms with Gasteiger partial charge in [-0.3, -0.25) is 4.79 Å². The van der Waals surface area contributed by atoms with Crippen molar-refractivity contribution in [2.24, 2.45) is 11.8 Å². The summed E-state index contributed by atoms with van der Waals surface area (Å²) in [5, 5.41) is 12.4. The minimum atomic E-state index is -4.34. The average molecular weight is 329 g/mol. The molecule has 0 spiro atoms. The van der Waals surface area contributed by atoms with Crippen LogP contribution < -0.4 is 5.32 Å². The standard InChI is InChI=1S/C17H22F3NO2/c18-17(19,20)15-9-5-4-8-14(15)16(23)21-11-13(22)10-12-6-2-1-3-7-12/h1-3,6-7,13-15,22H,4-5,8-11H2,(H,21,23)/t13-,14-,15-/m1/s1. The van der Waals surface area contributed by atoms with Gasteiger partial charge in [0.1, 0.15) is 0 Å². The third-order valence-electron chi connectivity index (χ3n) is 4.35. The second-order valence-corrected chi connectivity index (χ2v) is 6.13. The van der Waals surface area contributed by atoms with Crippen molar-refractivity contribution in [1.29, 1.82) is 0 Å². The summed E-state index contributed by atoms with van der Waals surface area (Å²) >= 11 is 0. The Kier molecular flexibility index (Phi) is 6.04. The van der Waals surface area contributed by atoms with Crippen LogP contribution in [0, 0.1) is 11.8 Å². The number of benzene rings is 1. The van der Waals surface area contributed by atoms with Crippen LogP contribution in [0.3, 0.4) is 0 Å². The van der Waals surface area contributed by atoms with Crippen molar-refractivity contribution < 1.29 is 23.1 Å². The van der Waals surface area contributed by atoms with Crippen LogP contribution in [0.1, 0.15) is 31.2 Å². The van der Waals surface area contributed by atoms with Crippen molar-refractivity contribution in [3.63, 3.8) is 0 Å². The first kappa shape index (κ1) is 17.8. The minimum absolute atomic E-state index is 0.00809. The number of carbonyl (C=O) groups is 1. The smallest absolute Gasteiger partial charge is 0.391 e. The maximum atomic E-state index is 13.0. The summed E-state index contributed by atoms with van der Waals surface area (Å²) in [6.07, 6.45) is -3.39. The topological polar surface area (TPSA) is 49.3 Å². The molecule has 0 heterocycles. The summed E-state index contributed by atoms with van der Waals surface area (Å²) in [6.45, 7) is -0.0329. The molecule has 1 aliphatic rings. The first-order valence-corrected chi connectivity index (χ1v) is 7.94. The molecule has 1 saturated carbocycles. The molecule has 0 aliphatic heterocycles. The maximum Gasteiger partial charge on any atom is 0.392 e. The number of amides is 1. The molecule has 1 aromatic rings. The zero-order chi connectivity index (χ0) is 16.9. The first-order valence-electron chi connectivity index (χ1n) is 7.94. The van der Waals surface area contributed by atoms with Gasteiger partial charge >= 0.3 is 6.18 Å². The van der Waals surface area contributed by atoms with Gasteiger partial charge in [0.2, 0.25) is 5.91 Å². The van der Waals surface area contributed by atoms with Crippen molar-refractivity contribution in [1.82, 2.24) is 5.32 Å². The molecule has 1 fully saturated rings. The molecule has 0 unspecified atom stereocenters. The Morgan fingerprint density at radius 2 is 1.87 bits per heavy atom. The van der Waals surface area contributed by atoms with Crippen LogP contribution in [0.25, 0.3) is 0 Å². The van der Waals surface area contributed by atoms with Crippen molar-refractivity contribution in [2.75, 3.05) is 6.54 Å². The molecule has 2 rings (SSSR count). The van der Waals surface area contributed by atoms with E-state index in [9.17, 15) is 23.1 Å². The normalized spacial score (nSPS) is 23.3. The quantitative estimate of drug-likeness (QED) is 0.872. The molecule has 2 N–H and O–H groups in total. The molecule has 128 valence electrons. The highest BCUT2D eigenvalue weighted by Crippen LogP contribution is 2.41. The summed E-state index contributed by atoms with van der Waals surface area (Å²) in [4.78, 5) is 12.1. The summed E-state index contributed by atoms with van der Waals surface area (Å²) in [5.41, 5.74) is 0.917. The van der Waals surface area contributed by atoms with Gasteiger partial charge in [-0.05, 0) is 18.4 Å². The van der Waals surface area contributed by atoms with Crippen LogP contribution in [-0.4, -0.2) is 29.8 Å². The van der Waals surface area contributed by atoms with E-state index < -0.39 is 30.0 Å². The molecule has 0 aromatic heterocycles. The van der Waals surface area contributed by atoms with E-state index in [1.54, 1.807) is 0 Å². The Balaban J connectivity index is 1.85. The van der Waals surface area contributed by atoms with E-state index in [4.69, 9.17) is 0 Å². The molecule has 6 heteroatoms. The molecule has 1 aliphatic carbocycles. The zero-order valence-corrected chi connectivity index (χ0v) is 12.9. The molecule has 1 aromatic carbocycles. The summed E-state index contributed by atoms with van der Waals surface area (Å²) in [7, 11) is 0. The van der Waals surface area contributed by atoms with E-state index in [0.717, 1.165) is 5.56 Å². The lowest BCUT2D eigenvalue weighted by Gasteiger charge is -2.32. The van der Waals surface area contributed by atoms with Gasteiger partial charge < -0.3 is 10.4 Å². The Hall–Kier alpha value is -1.56. The summed E-state index contributed by atoms with van der Waals surface area (Å²) in [5.74, 6) is -3.20. The van der Waals surface area contributed by atoms with Crippen molar-refractivity contribution >= 4 is 5.91 Å². The number of hydrogen-bond donors (Lipinski definition) is 2. The van der Waals surface area contributed by atoms with Gasteiger partial charge in [-0.25, -0.2) is 0 Å². The highest BCUT2D eigenvalue weighted by Gasteiger charge is 2.47. The average Bonchev–Trinajstić information content (AvgIpc) is 2.53. The Bertz CT molecular complexity index is 504. The minimum Gasteiger partial charge on any atom is -0.391 e.